The first-order chi connectivity index (χ1) is 9.70. The minimum absolute atomic E-state index is 0.280. The molecule has 0 bridgehead atoms. The van der Waals surface area contributed by atoms with E-state index < -0.39 is 0 Å². The Bertz CT molecular complexity index is 629. The zero-order valence-electron chi connectivity index (χ0n) is 11.8. The third-order valence-electron chi connectivity index (χ3n) is 2.98. The van der Waals surface area contributed by atoms with Crippen LogP contribution in [0.2, 0.25) is 0 Å². The third kappa shape index (κ3) is 3.52. The Morgan fingerprint density at radius 1 is 1.20 bits per heavy atom. The van der Waals surface area contributed by atoms with Gasteiger partial charge in [-0.2, -0.15) is 0 Å². The highest BCUT2D eigenvalue weighted by Gasteiger charge is 2.04. The SMILES string of the molecule is C#CCOc1ccccc1CNc1ccc(C)nc1C. The molecule has 1 N–H and O–H groups in total. The average Bonchev–Trinajstić information content (AvgIpc) is 2.45. The number of hydrogen-bond donors (Lipinski definition) is 1. The number of terminal acetylenes is 1. The monoisotopic (exact) mass is 266 g/mol. The molecule has 1 aromatic carbocycles. The summed E-state index contributed by atoms with van der Waals surface area (Å²) in [4.78, 5) is 4.44. The summed E-state index contributed by atoms with van der Waals surface area (Å²) in [6, 6.07) is 11.9. The van der Waals surface area contributed by atoms with Crippen molar-refractivity contribution in [2.24, 2.45) is 0 Å². The highest BCUT2D eigenvalue weighted by atomic mass is 16.5. The fourth-order valence-corrected chi connectivity index (χ4v) is 1.97. The quantitative estimate of drug-likeness (QED) is 0.843. The van der Waals surface area contributed by atoms with Crippen molar-refractivity contribution in [3.05, 3.63) is 53.3 Å². The van der Waals surface area contributed by atoms with Gasteiger partial charge in [-0.05, 0) is 32.0 Å². The number of pyridine rings is 1. The highest BCUT2D eigenvalue weighted by molar-refractivity contribution is 5.49. The van der Waals surface area contributed by atoms with E-state index in [0.29, 0.717) is 6.54 Å². The van der Waals surface area contributed by atoms with Gasteiger partial charge in [0.15, 0.2) is 0 Å². The fraction of sp³-hybridized carbons (Fsp3) is 0.235. The molecule has 20 heavy (non-hydrogen) atoms. The van der Waals surface area contributed by atoms with E-state index in [1.807, 2.05) is 50.2 Å². The Balaban J connectivity index is 2.09. The molecule has 3 nitrogen and oxygen atoms in total. The molecule has 0 aliphatic carbocycles. The first kappa shape index (κ1) is 14.0. The Labute approximate surface area is 120 Å². The lowest BCUT2D eigenvalue weighted by atomic mass is 10.2. The van der Waals surface area contributed by atoms with Crippen molar-refractivity contribution in [3.8, 4) is 18.1 Å². The molecule has 0 saturated heterocycles. The largest absolute Gasteiger partial charge is 0.481 e. The van der Waals surface area contributed by atoms with Crippen LogP contribution in [0.15, 0.2) is 36.4 Å². The molecule has 0 aliphatic rings. The van der Waals surface area contributed by atoms with Crippen LogP contribution >= 0.6 is 0 Å². The number of benzene rings is 1. The number of nitrogens with one attached hydrogen (secondary N) is 1. The smallest absolute Gasteiger partial charge is 0.148 e. The summed E-state index contributed by atoms with van der Waals surface area (Å²) in [6.07, 6.45) is 5.23. The van der Waals surface area contributed by atoms with Crippen molar-refractivity contribution < 1.29 is 4.74 Å². The van der Waals surface area contributed by atoms with Gasteiger partial charge in [0, 0.05) is 17.8 Å². The number of nitrogens with zero attached hydrogens (tertiary/aromatic N) is 1. The zero-order valence-corrected chi connectivity index (χ0v) is 11.8. The van der Waals surface area contributed by atoms with Crippen LogP contribution in [0.4, 0.5) is 5.69 Å². The molecular weight excluding hydrogens is 248 g/mol. The van der Waals surface area contributed by atoms with E-state index in [1.165, 1.54) is 0 Å². The predicted molar refractivity (Wildman–Crippen MR) is 81.8 cm³/mol. The van der Waals surface area contributed by atoms with Crippen molar-refractivity contribution in [1.82, 2.24) is 4.98 Å². The molecule has 2 rings (SSSR count). The van der Waals surface area contributed by atoms with Gasteiger partial charge in [-0.1, -0.05) is 24.1 Å². The molecule has 102 valence electrons. The van der Waals surface area contributed by atoms with E-state index in [4.69, 9.17) is 11.2 Å². The number of para-hydroxylation sites is 1. The Morgan fingerprint density at radius 3 is 2.75 bits per heavy atom. The number of ether oxygens (including phenoxy) is 1. The molecule has 0 amide bonds. The average molecular weight is 266 g/mol. The number of rotatable bonds is 5. The molecule has 3 heteroatoms. The molecule has 0 fully saturated rings. The summed E-state index contributed by atoms with van der Waals surface area (Å²) in [5.74, 6) is 3.30. The Kier molecular flexibility index (Phi) is 4.62. The molecular formula is C17H18N2O. The van der Waals surface area contributed by atoms with Crippen molar-refractivity contribution in [1.29, 1.82) is 0 Å². The second-order valence-corrected chi connectivity index (χ2v) is 4.54. The van der Waals surface area contributed by atoms with Crippen LogP contribution in [0.5, 0.6) is 5.75 Å². The molecule has 0 saturated carbocycles. The van der Waals surface area contributed by atoms with Crippen LogP contribution in [-0.4, -0.2) is 11.6 Å². The van der Waals surface area contributed by atoms with Crippen molar-refractivity contribution in [3.63, 3.8) is 0 Å². The number of anilines is 1. The summed E-state index contributed by atoms with van der Waals surface area (Å²) in [7, 11) is 0. The predicted octanol–water partition coefficient (Wildman–Crippen LogP) is 3.32. The molecule has 2 aromatic rings. The maximum absolute atomic E-state index is 5.53. The number of aryl methyl sites for hydroxylation is 2. The van der Waals surface area contributed by atoms with Gasteiger partial charge in [0.25, 0.3) is 0 Å². The van der Waals surface area contributed by atoms with Gasteiger partial charge >= 0.3 is 0 Å². The summed E-state index contributed by atoms with van der Waals surface area (Å²) in [5.41, 5.74) is 4.11. The van der Waals surface area contributed by atoms with Gasteiger partial charge in [-0.25, -0.2) is 0 Å². The topological polar surface area (TPSA) is 34.1 Å². The van der Waals surface area contributed by atoms with Crippen molar-refractivity contribution in [2.75, 3.05) is 11.9 Å². The van der Waals surface area contributed by atoms with Gasteiger partial charge in [-0.3, -0.25) is 4.98 Å². The molecule has 1 aromatic heterocycles. The van der Waals surface area contributed by atoms with Gasteiger partial charge in [0.05, 0.1) is 11.4 Å². The molecule has 0 unspecified atom stereocenters. The first-order valence-electron chi connectivity index (χ1n) is 6.53. The minimum atomic E-state index is 0.280. The summed E-state index contributed by atoms with van der Waals surface area (Å²) in [5, 5.41) is 3.38. The Hall–Kier alpha value is -2.47. The molecule has 0 atom stereocenters. The third-order valence-corrected chi connectivity index (χ3v) is 2.98. The van der Waals surface area contributed by atoms with Gasteiger partial charge in [0.2, 0.25) is 0 Å². The van der Waals surface area contributed by atoms with Crippen LogP contribution in [0, 0.1) is 26.2 Å². The second kappa shape index (κ2) is 6.63. The maximum atomic E-state index is 5.53. The molecule has 0 spiro atoms. The zero-order chi connectivity index (χ0) is 14.4. The molecule has 0 aliphatic heterocycles. The summed E-state index contributed by atoms with van der Waals surface area (Å²) >= 11 is 0. The lowest BCUT2D eigenvalue weighted by molar-refractivity contribution is 0.366. The lowest BCUT2D eigenvalue weighted by Gasteiger charge is -2.12. The standard InChI is InChI=1S/C17H18N2O/c1-4-11-20-17-8-6-5-7-15(17)12-18-16-10-9-13(2)19-14(16)3/h1,5-10,18H,11-12H2,2-3H3. The van der Waals surface area contributed by atoms with E-state index in [-0.39, 0.29) is 6.61 Å². The highest BCUT2D eigenvalue weighted by Crippen LogP contribution is 2.20. The lowest BCUT2D eigenvalue weighted by Crippen LogP contribution is -2.05. The van der Waals surface area contributed by atoms with Crippen LogP contribution in [0.3, 0.4) is 0 Å². The van der Waals surface area contributed by atoms with Crippen LogP contribution < -0.4 is 10.1 Å². The van der Waals surface area contributed by atoms with E-state index in [1.54, 1.807) is 0 Å². The van der Waals surface area contributed by atoms with Crippen LogP contribution in [-0.2, 0) is 6.54 Å². The first-order valence-corrected chi connectivity index (χ1v) is 6.53. The van der Waals surface area contributed by atoms with Crippen LogP contribution in [0.25, 0.3) is 0 Å². The van der Waals surface area contributed by atoms with Gasteiger partial charge < -0.3 is 10.1 Å². The normalized spacial score (nSPS) is 9.85. The molecule has 1 heterocycles. The van der Waals surface area contributed by atoms with E-state index in [2.05, 4.69) is 16.2 Å². The Morgan fingerprint density at radius 2 is 2.00 bits per heavy atom. The van der Waals surface area contributed by atoms with Gasteiger partial charge in [0.1, 0.15) is 12.4 Å². The minimum Gasteiger partial charge on any atom is -0.481 e. The number of aromatic nitrogens is 1. The van der Waals surface area contributed by atoms with Crippen molar-refractivity contribution >= 4 is 5.69 Å². The van der Waals surface area contributed by atoms with Gasteiger partial charge in [-0.15, -0.1) is 6.42 Å². The van der Waals surface area contributed by atoms with E-state index in [9.17, 15) is 0 Å². The van der Waals surface area contributed by atoms with E-state index >= 15 is 0 Å². The van der Waals surface area contributed by atoms with Crippen LogP contribution in [0.1, 0.15) is 17.0 Å². The summed E-state index contributed by atoms with van der Waals surface area (Å²) in [6.45, 7) is 4.93. The number of hydrogen-bond acceptors (Lipinski definition) is 3. The molecule has 0 radical (unpaired) electrons. The maximum Gasteiger partial charge on any atom is 0.148 e. The summed E-state index contributed by atoms with van der Waals surface area (Å²) < 4.78 is 5.53. The second-order valence-electron chi connectivity index (χ2n) is 4.54. The fourth-order valence-electron chi connectivity index (χ4n) is 1.97. The van der Waals surface area contributed by atoms with E-state index in [0.717, 1.165) is 28.4 Å². The van der Waals surface area contributed by atoms with Crippen molar-refractivity contribution in [2.45, 2.75) is 20.4 Å².